The fourth-order valence-electron chi connectivity index (χ4n) is 7.76. The van der Waals surface area contributed by atoms with E-state index in [1.807, 2.05) is 0 Å². The zero-order valence-corrected chi connectivity index (χ0v) is 18.7. The van der Waals surface area contributed by atoms with Gasteiger partial charge in [0, 0.05) is 0 Å². The number of hydrogen-bond donors (Lipinski definition) is 1. The van der Waals surface area contributed by atoms with Crippen LogP contribution in [0.1, 0.15) is 57.8 Å². The molecule has 0 amide bonds. The molecule has 33 heavy (non-hydrogen) atoms. The van der Waals surface area contributed by atoms with Crippen molar-refractivity contribution in [2.45, 2.75) is 62.7 Å². The van der Waals surface area contributed by atoms with Gasteiger partial charge in [0.15, 0.2) is 16.5 Å². The van der Waals surface area contributed by atoms with E-state index in [9.17, 15) is 30.8 Å². The van der Waals surface area contributed by atoms with E-state index in [4.69, 9.17) is 9.29 Å². The van der Waals surface area contributed by atoms with Crippen molar-refractivity contribution < 1.29 is 40.1 Å². The van der Waals surface area contributed by atoms with Gasteiger partial charge in [-0.25, -0.2) is 8.78 Å². The monoisotopic (exact) mass is 490 g/mol. The Hall–Kier alpha value is -1.68. The lowest BCUT2D eigenvalue weighted by Crippen LogP contribution is -2.58. The molecule has 5 aliphatic rings. The minimum atomic E-state index is -5.58. The lowest BCUT2D eigenvalue weighted by Gasteiger charge is -2.62. The number of benzene rings is 1. The van der Waals surface area contributed by atoms with Crippen LogP contribution in [0.3, 0.4) is 0 Å². The number of halogens is 4. The normalized spacial score (nSPS) is 35.6. The largest absolute Gasteiger partial charge is 0.420 e. The van der Waals surface area contributed by atoms with Gasteiger partial charge in [-0.15, -0.1) is 0 Å². The van der Waals surface area contributed by atoms with Crippen LogP contribution in [0.4, 0.5) is 17.6 Å². The molecule has 0 aromatic heterocycles. The summed E-state index contributed by atoms with van der Waals surface area (Å²) in [5, 5.41) is 0. The molecule has 1 aromatic rings. The van der Waals surface area contributed by atoms with Gasteiger partial charge < -0.3 is 4.74 Å². The van der Waals surface area contributed by atoms with Crippen LogP contribution in [0, 0.1) is 64.7 Å². The highest BCUT2D eigenvalue weighted by Gasteiger charge is 2.59. The van der Waals surface area contributed by atoms with Gasteiger partial charge in [0.1, 0.15) is 0 Å². The van der Waals surface area contributed by atoms with E-state index in [1.165, 1.54) is 0 Å². The summed E-state index contributed by atoms with van der Waals surface area (Å²) in [5.74, 6) is -10.1. The SMILES string of the molecule is O=C(Oc1c(F)c(F)c(S(=O)(=O)O)c(F)c1F)C1CC2C3CCCCC3C1C1CCCCC21. The number of ether oxygens (including phenoxy) is 1. The van der Waals surface area contributed by atoms with Crippen LogP contribution in [-0.2, 0) is 14.9 Å². The first-order valence-corrected chi connectivity index (χ1v) is 13.1. The van der Waals surface area contributed by atoms with Gasteiger partial charge in [-0.05, 0) is 67.6 Å². The second-order valence-electron chi connectivity index (χ2n) is 10.1. The zero-order chi connectivity index (χ0) is 23.7. The maximum atomic E-state index is 14.5. The third-order valence-electron chi connectivity index (χ3n) is 8.78. The van der Waals surface area contributed by atoms with Crippen molar-refractivity contribution in [3.8, 4) is 5.75 Å². The molecule has 0 radical (unpaired) electrons. The van der Waals surface area contributed by atoms with Crippen LogP contribution >= 0.6 is 0 Å². The number of hydrogen-bond acceptors (Lipinski definition) is 4. The predicted octanol–water partition coefficient (Wildman–Crippen LogP) is 5.27. The molecular weight excluding hydrogens is 464 g/mol. The average molecular weight is 491 g/mol. The molecule has 5 nitrogen and oxygen atoms in total. The molecule has 10 heteroatoms. The molecule has 5 unspecified atom stereocenters. The highest BCUT2D eigenvalue weighted by atomic mass is 32.2. The molecule has 0 saturated heterocycles. The van der Waals surface area contributed by atoms with Gasteiger partial charge in [-0.2, -0.15) is 17.2 Å². The van der Waals surface area contributed by atoms with Gasteiger partial charge >= 0.3 is 16.1 Å². The molecule has 182 valence electrons. The van der Waals surface area contributed by atoms with Crippen molar-refractivity contribution in [3.63, 3.8) is 0 Å². The van der Waals surface area contributed by atoms with Gasteiger partial charge in [0.2, 0.25) is 17.4 Å². The fourth-order valence-corrected chi connectivity index (χ4v) is 8.40. The van der Waals surface area contributed by atoms with E-state index in [0.29, 0.717) is 36.0 Å². The number of carbonyl (C=O) groups excluding carboxylic acids is 1. The molecule has 5 saturated carbocycles. The second kappa shape index (κ2) is 8.22. The van der Waals surface area contributed by atoms with Gasteiger partial charge in [-0.1, -0.05) is 25.7 Å². The minimum absolute atomic E-state index is 0.0102. The molecule has 1 N–H and O–H groups in total. The first kappa shape index (κ1) is 23.1. The number of fused-ring (bicyclic) bond motifs is 1. The predicted molar refractivity (Wildman–Crippen MR) is 108 cm³/mol. The quantitative estimate of drug-likeness (QED) is 0.205. The maximum Gasteiger partial charge on any atom is 0.314 e. The molecule has 0 spiro atoms. The Balaban J connectivity index is 1.48. The third-order valence-corrected chi connectivity index (χ3v) is 9.65. The van der Waals surface area contributed by atoms with Crippen molar-refractivity contribution in [2.24, 2.45) is 41.4 Å². The summed E-state index contributed by atoms with van der Waals surface area (Å²) in [6, 6.07) is 0. The van der Waals surface area contributed by atoms with Crippen LogP contribution in [0.15, 0.2) is 4.90 Å². The molecule has 6 rings (SSSR count). The fraction of sp³-hybridized carbons (Fsp3) is 0.696. The Bertz CT molecular complexity index is 1040. The van der Waals surface area contributed by atoms with Crippen molar-refractivity contribution in [3.05, 3.63) is 23.3 Å². The summed E-state index contributed by atoms with van der Waals surface area (Å²) in [6.45, 7) is 0. The van der Waals surface area contributed by atoms with Crippen LogP contribution in [0.2, 0.25) is 0 Å². The Morgan fingerprint density at radius 2 is 1.21 bits per heavy atom. The minimum Gasteiger partial charge on any atom is -0.420 e. The Kier molecular flexibility index (Phi) is 5.75. The van der Waals surface area contributed by atoms with E-state index < -0.39 is 55.9 Å². The lowest BCUT2D eigenvalue weighted by molar-refractivity contribution is -0.172. The lowest BCUT2D eigenvalue weighted by atomic mass is 9.42. The van der Waals surface area contributed by atoms with Crippen LogP contribution in [0.5, 0.6) is 5.75 Å². The first-order valence-electron chi connectivity index (χ1n) is 11.7. The molecule has 0 heterocycles. The molecular formula is C23H26F4O5S. The summed E-state index contributed by atoms with van der Waals surface area (Å²) in [6.07, 6.45) is 9.21. The Morgan fingerprint density at radius 3 is 1.67 bits per heavy atom. The number of esters is 1. The Labute approximate surface area is 189 Å². The molecule has 0 aliphatic heterocycles. The number of rotatable bonds is 3. The van der Waals surface area contributed by atoms with Gasteiger partial charge in [0.05, 0.1) is 5.92 Å². The Morgan fingerprint density at radius 1 is 0.758 bits per heavy atom. The van der Waals surface area contributed by atoms with E-state index in [2.05, 4.69) is 0 Å². The van der Waals surface area contributed by atoms with Crippen molar-refractivity contribution in [2.75, 3.05) is 0 Å². The standard InChI is InChI=1S/C23H26F4O5S/c24-17-19(26)22(33(29,30)31)20(27)18(25)21(17)32-23(28)15-9-14-10-5-1-3-7-12(10)16(15)13-8-4-2-6-11(13)14/h10-16H,1-9H2,(H,29,30,31). The topological polar surface area (TPSA) is 80.7 Å². The molecule has 2 bridgehead atoms. The summed E-state index contributed by atoms with van der Waals surface area (Å²) in [7, 11) is -5.58. The highest BCUT2D eigenvalue weighted by Crippen LogP contribution is 2.64. The summed E-state index contributed by atoms with van der Waals surface area (Å²) < 4.78 is 93.4. The van der Waals surface area contributed by atoms with Crippen molar-refractivity contribution in [1.29, 1.82) is 0 Å². The molecule has 5 aliphatic carbocycles. The first-order chi connectivity index (χ1) is 15.6. The number of carbonyl (C=O) groups is 1. The maximum absolute atomic E-state index is 14.5. The average Bonchev–Trinajstić information content (AvgIpc) is 2.79. The summed E-state index contributed by atoms with van der Waals surface area (Å²) in [5.41, 5.74) is 0. The highest BCUT2D eigenvalue weighted by molar-refractivity contribution is 7.85. The van der Waals surface area contributed by atoms with E-state index in [-0.39, 0.29) is 5.92 Å². The second-order valence-corrected chi connectivity index (χ2v) is 11.5. The third kappa shape index (κ3) is 3.59. The van der Waals surface area contributed by atoms with Crippen LogP contribution in [0.25, 0.3) is 0 Å². The molecule has 1 aromatic carbocycles. The van der Waals surface area contributed by atoms with E-state index in [1.54, 1.807) is 0 Å². The smallest absolute Gasteiger partial charge is 0.314 e. The summed E-state index contributed by atoms with van der Waals surface area (Å²) >= 11 is 0. The van der Waals surface area contributed by atoms with E-state index >= 15 is 0 Å². The molecule has 5 fully saturated rings. The van der Waals surface area contributed by atoms with Crippen LogP contribution < -0.4 is 4.74 Å². The van der Waals surface area contributed by atoms with Crippen molar-refractivity contribution >= 4 is 16.1 Å². The zero-order valence-electron chi connectivity index (χ0n) is 17.9. The van der Waals surface area contributed by atoms with Gasteiger partial charge in [0.25, 0.3) is 0 Å². The molecule has 5 atom stereocenters. The van der Waals surface area contributed by atoms with Crippen LogP contribution in [-0.4, -0.2) is 18.9 Å². The van der Waals surface area contributed by atoms with Crippen molar-refractivity contribution in [1.82, 2.24) is 0 Å². The van der Waals surface area contributed by atoms with Gasteiger partial charge in [-0.3, -0.25) is 9.35 Å². The summed E-state index contributed by atoms with van der Waals surface area (Å²) in [4.78, 5) is 11.0. The van der Waals surface area contributed by atoms with E-state index in [0.717, 1.165) is 51.4 Å².